The van der Waals surface area contributed by atoms with Gasteiger partial charge in [0.1, 0.15) is 0 Å². The van der Waals surface area contributed by atoms with Crippen LogP contribution in [0.15, 0.2) is 0 Å². The van der Waals surface area contributed by atoms with E-state index in [0.717, 1.165) is 7.11 Å². The van der Waals surface area contributed by atoms with E-state index >= 15 is 0 Å². The van der Waals surface area contributed by atoms with Crippen LogP contribution in [0.5, 0.6) is 0 Å². The van der Waals surface area contributed by atoms with Crippen LogP contribution in [0.25, 0.3) is 0 Å². The second-order valence-electron chi connectivity index (χ2n) is 2.68. The van der Waals surface area contributed by atoms with Gasteiger partial charge in [-0.2, -0.15) is 8.78 Å². The van der Waals surface area contributed by atoms with Gasteiger partial charge in [0, 0.05) is 20.2 Å². The van der Waals surface area contributed by atoms with Crippen LogP contribution < -0.4 is 5.32 Å². The van der Waals surface area contributed by atoms with Crippen LogP contribution in [0, 0.1) is 0 Å². The van der Waals surface area contributed by atoms with E-state index in [2.05, 4.69) is 10.1 Å². The normalized spacial score (nSPS) is 19.9. The molecule has 2 N–H and O–H groups in total. The number of carboxylic acid groups (broad SMARTS) is 1. The predicted octanol–water partition coefficient (Wildman–Crippen LogP) is 0.117. The van der Waals surface area contributed by atoms with E-state index < -0.39 is 17.5 Å². The van der Waals surface area contributed by atoms with Gasteiger partial charge in [0.2, 0.25) is 0 Å². The quantitative estimate of drug-likeness (QED) is 0.705. The van der Waals surface area contributed by atoms with Crippen molar-refractivity contribution in [2.24, 2.45) is 0 Å². The lowest BCUT2D eigenvalue weighted by atomic mass is 9.89. The van der Waals surface area contributed by atoms with Crippen LogP contribution in [0.4, 0.5) is 8.78 Å². The van der Waals surface area contributed by atoms with Gasteiger partial charge in [-0.1, -0.05) is 0 Å². The number of methoxy groups -OCH3 is 1. The van der Waals surface area contributed by atoms with Gasteiger partial charge < -0.3 is 15.2 Å². The lowest BCUT2D eigenvalue weighted by Gasteiger charge is -2.44. The number of rotatable bonds is 3. The highest BCUT2D eigenvalue weighted by Gasteiger charge is 2.63. The minimum absolute atomic E-state index is 0. The van der Waals surface area contributed by atoms with E-state index in [1.54, 1.807) is 0 Å². The summed E-state index contributed by atoms with van der Waals surface area (Å²) in [4.78, 5) is 10.2. The predicted molar refractivity (Wildman–Crippen MR) is 42.4 cm³/mol. The maximum atomic E-state index is 12.9. The second-order valence-corrected chi connectivity index (χ2v) is 2.68. The maximum Gasteiger partial charge on any atom is 0.377 e. The average Bonchev–Trinajstić information content (AvgIpc) is 1.85. The summed E-state index contributed by atoms with van der Waals surface area (Å²) in [6.07, 6.45) is 0. The first kappa shape index (κ1) is 12.5. The molecule has 0 aliphatic carbocycles. The van der Waals surface area contributed by atoms with Crippen molar-refractivity contribution in [2.75, 3.05) is 20.2 Å². The molecule has 0 aromatic rings. The number of hydrogen-bond acceptors (Lipinski definition) is 3. The van der Waals surface area contributed by atoms with Crippen molar-refractivity contribution in [1.29, 1.82) is 0 Å². The number of aliphatic carboxylic acids is 1. The zero-order valence-corrected chi connectivity index (χ0v) is 7.66. The molecular weight excluding hydrogens is 208 g/mol. The molecule has 7 heteroatoms. The Morgan fingerprint density at radius 3 is 2.15 bits per heavy atom. The summed E-state index contributed by atoms with van der Waals surface area (Å²) < 4.78 is 30.3. The van der Waals surface area contributed by atoms with Crippen LogP contribution in [-0.2, 0) is 9.53 Å². The largest absolute Gasteiger partial charge is 0.477 e. The summed E-state index contributed by atoms with van der Waals surface area (Å²) in [5, 5.41) is 10.8. The van der Waals surface area contributed by atoms with Crippen molar-refractivity contribution >= 4 is 18.4 Å². The fraction of sp³-hybridized carbons (Fsp3) is 0.833. The number of halogens is 3. The molecule has 0 aromatic heterocycles. The van der Waals surface area contributed by atoms with Crippen molar-refractivity contribution < 1.29 is 23.4 Å². The van der Waals surface area contributed by atoms with Gasteiger partial charge >= 0.3 is 11.9 Å². The van der Waals surface area contributed by atoms with E-state index in [9.17, 15) is 13.6 Å². The van der Waals surface area contributed by atoms with E-state index in [0.29, 0.717) is 0 Å². The third kappa shape index (κ3) is 1.61. The van der Waals surface area contributed by atoms with Crippen LogP contribution in [0.2, 0.25) is 0 Å². The summed E-state index contributed by atoms with van der Waals surface area (Å²) in [7, 11) is 1.08. The molecular formula is C6H10ClF2NO3. The topological polar surface area (TPSA) is 58.6 Å². The summed E-state index contributed by atoms with van der Waals surface area (Å²) in [5.41, 5.74) is -1.86. The van der Waals surface area contributed by atoms with Gasteiger partial charge in [0.25, 0.3) is 0 Å². The summed E-state index contributed by atoms with van der Waals surface area (Å²) in [5.74, 6) is -5.97. The Balaban J connectivity index is 0.00000144. The lowest BCUT2D eigenvalue weighted by molar-refractivity contribution is -0.229. The van der Waals surface area contributed by atoms with Crippen LogP contribution in [0.3, 0.4) is 0 Å². The molecule has 1 rings (SSSR count). The molecule has 13 heavy (non-hydrogen) atoms. The summed E-state index contributed by atoms with van der Waals surface area (Å²) >= 11 is 0. The molecule has 1 heterocycles. The zero-order valence-electron chi connectivity index (χ0n) is 6.84. The first-order valence-corrected chi connectivity index (χ1v) is 3.33. The zero-order chi connectivity index (χ0) is 9.41. The van der Waals surface area contributed by atoms with Crippen molar-refractivity contribution in [3.05, 3.63) is 0 Å². The van der Waals surface area contributed by atoms with Gasteiger partial charge in [-0.25, -0.2) is 4.79 Å². The minimum Gasteiger partial charge on any atom is -0.477 e. The van der Waals surface area contributed by atoms with Crippen molar-refractivity contribution in [1.82, 2.24) is 5.32 Å². The highest BCUT2D eigenvalue weighted by molar-refractivity contribution is 5.85. The number of alkyl halides is 2. The highest BCUT2D eigenvalue weighted by atomic mass is 35.5. The third-order valence-electron chi connectivity index (χ3n) is 2.05. The molecule has 1 aliphatic rings. The summed E-state index contributed by atoms with van der Waals surface area (Å²) in [6, 6.07) is 0. The van der Waals surface area contributed by atoms with E-state index in [1.807, 2.05) is 0 Å². The Morgan fingerprint density at radius 1 is 1.62 bits per heavy atom. The molecule has 1 fully saturated rings. The SMILES string of the molecule is COC1(C(F)(F)C(=O)O)CNC1.Cl. The minimum atomic E-state index is -3.83. The van der Waals surface area contributed by atoms with Gasteiger partial charge in [-0.15, -0.1) is 12.4 Å². The fourth-order valence-electron chi connectivity index (χ4n) is 1.04. The smallest absolute Gasteiger partial charge is 0.377 e. The maximum absolute atomic E-state index is 12.9. The molecule has 0 unspecified atom stereocenters. The van der Waals surface area contributed by atoms with Gasteiger partial charge in [0.05, 0.1) is 0 Å². The van der Waals surface area contributed by atoms with E-state index in [4.69, 9.17) is 5.11 Å². The average molecular weight is 218 g/mol. The number of nitrogens with one attached hydrogen (secondary N) is 1. The van der Waals surface area contributed by atoms with Crippen molar-refractivity contribution in [3.63, 3.8) is 0 Å². The van der Waals surface area contributed by atoms with Crippen LogP contribution in [-0.4, -0.2) is 42.8 Å². The molecule has 0 bridgehead atoms. The Labute approximate surface area is 79.7 Å². The number of carbonyl (C=O) groups is 1. The first-order chi connectivity index (χ1) is 5.46. The molecule has 1 aliphatic heterocycles. The Hall–Kier alpha value is -0.460. The number of carboxylic acids is 1. The van der Waals surface area contributed by atoms with Crippen molar-refractivity contribution in [3.8, 4) is 0 Å². The molecule has 0 atom stereocenters. The van der Waals surface area contributed by atoms with Crippen LogP contribution in [0.1, 0.15) is 0 Å². The molecule has 0 radical (unpaired) electrons. The Kier molecular flexibility index (Phi) is 3.60. The number of ether oxygens (including phenoxy) is 1. The lowest BCUT2D eigenvalue weighted by Crippen LogP contribution is -2.72. The first-order valence-electron chi connectivity index (χ1n) is 3.33. The fourth-order valence-corrected chi connectivity index (χ4v) is 1.04. The molecule has 4 nitrogen and oxygen atoms in total. The second kappa shape index (κ2) is 3.73. The van der Waals surface area contributed by atoms with Gasteiger partial charge in [-0.3, -0.25) is 0 Å². The Bertz CT molecular complexity index is 203. The molecule has 78 valence electrons. The molecule has 0 amide bonds. The molecule has 0 aromatic carbocycles. The van der Waals surface area contributed by atoms with Gasteiger partial charge in [0.15, 0.2) is 5.60 Å². The highest BCUT2D eigenvalue weighted by Crippen LogP contribution is 2.35. The van der Waals surface area contributed by atoms with E-state index in [-0.39, 0.29) is 25.5 Å². The Morgan fingerprint density at radius 2 is 2.08 bits per heavy atom. The number of hydrogen-bond donors (Lipinski definition) is 2. The molecule has 0 saturated carbocycles. The monoisotopic (exact) mass is 217 g/mol. The van der Waals surface area contributed by atoms with Crippen LogP contribution >= 0.6 is 12.4 Å². The van der Waals surface area contributed by atoms with E-state index in [1.165, 1.54) is 0 Å². The van der Waals surface area contributed by atoms with Crippen molar-refractivity contribution in [2.45, 2.75) is 11.5 Å². The molecule has 1 saturated heterocycles. The third-order valence-corrected chi connectivity index (χ3v) is 2.05. The van der Waals surface area contributed by atoms with Gasteiger partial charge in [-0.05, 0) is 0 Å². The molecule has 0 spiro atoms. The standard InChI is InChI=1S/C6H9F2NO3.ClH/c1-12-5(2-9-3-5)6(7,8)4(10)11;/h9H,2-3H2,1H3,(H,10,11);1H. The summed E-state index contributed by atoms with van der Waals surface area (Å²) in [6.45, 7) is -0.272.